The molecule has 2 heterocycles. The van der Waals surface area contributed by atoms with E-state index < -0.39 is 5.97 Å². The lowest BCUT2D eigenvalue weighted by atomic mass is 10.1. The van der Waals surface area contributed by atoms with E-state index in [1.165, 1.54) is 46.7 Å². The number of amides is 1. The Morgan fingerprint density at radius 2 is 1.56 bits per heavy atom. The molecular formula is C29H21FN4O4S. The van der Waals surface area contributed by atoms with Crippen LogP contribution >= 0.6 is 11.8 Å². The molecule has 0 radical (unpaired) electrons. The summed E-state index contributed by atoms with van der Waals surface area (Å²) < 4.78 is 14.8. The van der Waals surface area contributed by atoms with Crippen LogP contribution in [0, 0.1) is 12.7 Å². The second-order valence-corrected chi connectivity index (χ2v) is 9.66. The van der Waals surface area contributed by atoms with Crippen molar-refractivity contribution in [3.05, 3.63) is 123 Å². The number of nitrogens with one attached hydrogen (secondary N) is 1. The topological polar surface area (TPSA) is 114 Å². The summed E-state index contributed by atoms with van der Waals surface area (Å²) >= 11 is 1.26. The van der Waals surface area contributed by atoms with Crippen LogP contribution in [-0.4, -0.2) is 31.5 Å². The molecule has 0 unspecified atom stereocenters. The van der Waals surface area contributed by atoms with Gasteiger partial charge in [-0.3, -0.25) is 14.2 Å². The zero-order valence-corrected chi connectivity index (χ0v) is 21.4. The van der Waals surface area contributed by atoms with Gasteiger partial charge in [-0.05, 0) is 91.0 Å². The third kappa shape index (κ3) is 5.70. The van der Waals surface area contributed by atoms with Crippen LogP contribution in [0.5, 0.6) is 0 Å². The highest BCUT2D eigenvalue weighted by molar-refractivity contribution is 7.99. The predicted octanol–water partition coefficient (Wildman–Crippen LogP) is 5.01. The number of fused-ring (bicyclic) bond motifs is 1. The molecule has 10 heteroatoms. The van der Waals surface area contributed by atoms with Gasteiger partial charge < -0.3 is 10.4 Å². The Labute approximate surface area is 226 Å². The largest absolute Gasteiger partial charge is 0.478 e. The third-order valence-corrected chi connectivity index (χ3v) is 6.86. The molecule has 8 nitrogen and oxygen atoms in total. The number of pyridine rings is 1. The van der Waals surface area contributed by atoms with Gasteiger partial charge in [0.05, 0.1) is 16.9 Å². The van der Waals surface area contributed by atoms with Crippen molar-refractivity contribution in [3.63, 3.8) is 0 Å². The van der Waals surface area contributed by atoms with Gasteiger partial charge in [-0.15, -0.1) is 0 Å². The van der Waals surface area contributed by atoms with Crippen molar-refractivity contribution in [1.29, 1.82) is 0 Å². The fourth-order valence-electron chi connectivity index (χ4n) is 3.96. The average molecular weight is 541 g/mol. The highest BCUT2D eigenvalue weighted by atomic mass is 32.2. The summed E-state index contributed by atoms with van der Waals surface area (Å²) in [5.74, 6) is -1.67. The Balaban J connectivity index is 1.39. The Kier molecular flexibility index (Phi) is 7.20. The van der Waals surface area contributed by atoms with E-state index >= 15 is 0 Å². The number of aryl methyl sites for hydroxylation is 1. The second-order valence-electron chi connectivity index (χ2n) is 8.62. The maximum absolute atomic E-state index is 13.3. The second kappa shape index (κ2) is 10.9. The molecular weight excluding hydrogens is 519 g/mol. The van der Waals surface area contributed by atoms with Crippen LogP contribution in [0.15, 0.2) is 99.8 Å². The molecule has 0 bridgehead atoms. The normalized spacial score (nSPS) is 10.9. The molecule has 0 atom stereocenters. The van der Waals surface area contributed by atoms with Crippen molar-refractivity contribution in [2.45, 2.75) is 23.5 Å². The number of halogens is 1. The number of rotatable bonds is 7. The monoisotopic (exact) mass is 540 g/mol. The molecule has 0 saturated heterocycles. The van der Waals surface area contributed by atoms with Crippen molar-refractivity contribution in [2.75, 3.05) is 0 Å². The fraction of sp³-hybridized carbons (Fsp3) is 0.0690. The van der Waals surface area contributed by atoms with Crippen molar-refractivity contribution >= 4 is 34.7 Å². The van der Waals surface area contributed by atoms with E-state index in [0.717, 1.165) is 10.5 Å². The third-order valence-electron chi connectivity index (χ3n) is 5.98. The molecule has 0 aliphatic rings. The molecule has 39 heavy (non-hydrogen) atoms. The number of hydrogen-bond acceptors (Lipinski definition) is 6. The molecule has 0 aliphatic carbocycles. The minimum Gasteiger partial charge on any atom is -0.478 e. The summed E-state index contributed by atoms with van der Waals surface area (Å²) in [5, 5.41) is 12.9. The van der Waals surface area contributed by atoms with Crippen LogP contribution in [0.2, 0.25) is 0 Å². The molecule has 5 rings (SSSR count). The lowest BCUT2D eigenvalue weighted by Crippen LogP contribution is -2.23. The van der Waals surface area contributed by atoms with Gasteiger partial charge in [0.1, 0.15) is 5.82 Å². The highest BCUT2D eigenvalue weighted by Crippen LogP contribution is 2.27. The smallest absolute Gasteiger partial charge is 0.335 e. The number of carbonyl (C=O) groups excluding carboxylic acids is 1. The number of nitrogens with zero attached hydrogens (tertiary/aromatic N) is 3. The van der Waals surface area contributed by atoms with Gasteiger partial charge in [0.15, 0.2) is 10.8 Å². The van der Waals surface area contributed by atoms with E-state index in [-0.39, 0.29) is 29.4 Å². The molecule has 2 aromatic heterocycles. The van der Waals surface area contributed by atoms with E-state index in [1.807, 2.05) is 6.92 Å². The van der Waals surface area contributed by atoms with Crippen LogP contribution in [0.1, 0.15) is 32.0 Å². The first-order chi connectivity index (χ1) is 18.8. The van der Waals surface area contributed by atoms with Crippen LogP contribution in [0.3, 0.4) is 0 Å². The summed E-state index contributed by atoms with van der Waals surface area (Å²) in [7, 11) is 0. The summed E-state index contributed by atoms with van der Waals surface area (Å²) in [6.07, 6.45) is 0. The number of aromatic carboxylic acids is 1. The minimum absolute atomic E-state index is 0.172. The molecule has 0 fully saturated rings. The zero-order chi connectivity index (χ0) is 27.5. The number of carbonyl (C=O) groups is 2. The molecule has 5 aromatic rings. The van der Waals surface area contributed by atoms with Gasteiger partial charge in [0.2, 0.25) is 0 Å². The van der Waals surface area contributed by atoms with Crippen molar-refractivity contribution in [2.24, 2.45) is 0 Å². The standard InChI is InChI=1S/C29H21FN4O4S/c1-17-24-14-15-25(35)34(26(24)33-29(32-17)39-23-12-8-21(30)9-13-23)22-10-6-19(7-11-22)27(36)31-16-18-2-4-20(5-3-18)28(37)38/h2-15H,16H2,1H3,(H,31,36)(H,37,38). The number of hydrogen-bond donors (Lipinski definition) is 2. The van der Waals surface area contributed by atoms with E-state index in [0.29, 0.717) is 33.1 Å². The summed E-state index contributed by atoms with van der Waals surface area (Å²) in [4.78, 5) is 46.5. The fourth-order valence-corrected chi connectivity index (χ4v) is 4.75. The van der Waals surface area contributed by atoms with E-state index in [1.54, 1.807) is 54.6 Å². The van der Waals surface area contributed by atoms with E-state index in [2.05, 4.69) is 15.3 Å². The number of aromatic nitrogens is 3. The van der Waals surface area contributed by atoms with Gasteiger partial charge in [0.25, 0.3) is 11.5 Å². The molecule has 0 aliphatic heterocycles. The summed E-state index contributed by atoms with van der Waals surface area (Å²) in [6, 6.07) is 21.9. The maximum atomic E-state index is 13.3. The van der Waals surface area contributed by atoms with Crippen LogP contribution in [0.4, 0.5) is 4.39 Å². The molecule has 1 amide bonds. The van der Waals surface area contributed by atoms with Crippen LogP contribution < -0.4 is 10.9 Å². The molecule has 194 valence electrons. The van der Waals surface area contributed by atoms with Gasteiger partial charge in [-0.1, -0.05) is 12.1 Å². The average Bonchev–Trinajstić information content (AvgIpc) is 2.93. The first-order valence-electron chi connectivity index (χ1n) is 11.8. The zero-order valence-electron chi connectivity index (χ0n) is 20.6. The van der Waals surface area contributed by atoms with E-state index in [4.69, 9.17) is 5.11 Å². The van der Waals surface area contributed by atoms with Gasteiger partial charge in [0, 0.05) is 28.5 Å². The van der Waals surface area contributed by atoms with Gasteiger partial charge >= 0.3 is 5.97 Å². The van der Waals surface area contributed by atoms with Crippen molar-refractivity contribution < 1.29 is 19.1 Å². The Hall–Kier alpha value is -4.83. The first-order valence-corrected chi connectivity index (χ1v) is 12.6. The first kappa shape index (κ1) is 25.8. The Morgan fingerprint density at radius 1 is 0.897 bits per heavy atom. The van der Waals surface area contributed by atoms with Crippen LogP contribution in [0.25, 0.3) is 16.7 Å². The quantitative estimate of drug-likeness (QED) is 0.279. The number of carboxylic acid groups (broad SMARTS) is 1. The Morgan fingerprint density at radius 3 is 2.23 bits per heavy atom. The Bertz CT molecular complexity index is 1750. The lowest BCUT2D eigenvalue weighted by molar-refractivity contribution is 0.0696. The molecule has 2 N–H and O–H groups in total. The lowest BCUT2D eigenvalue weighted by Gasteiger charge is -2.12. The number of carboxylic acids is 1. The molecule has 0 spiro atoms. The van der Waals surface area contributed by atoms with Gasteiger partial charge in [-0.25, -0.2) is 19.2 Å². The minimum atomic E-state index is -1.01. The molecule has 3 aromatic carbocycles. The van der Waals surface area contributed by atoms with E-state index in [9.17, 15) is 18.8 Å². The highest BCUT2D eigenvalue weighted by Gasteiger charge is 2.14. The van der Waals surface area contributed by atoms with Crippen LogP contribution in [-0.2, 0) is 6.54 Å². The summed E-state index contributed by atoms with van der Waals surface area (Å²) in [5.41, 5.74) is 2.67. The maximum Gasteiger partial charge on any atom is 0.335 e. The predicted molar refractivity (Wildman–Crippen MR) is 145 cm³/mol. The van der Waals surface area contributed by atoms with Gasteiger partial charge in [-0.2, -0.15) is 0 Å². The SMILES string of the molecule is Cc1nc(Sc2ccc(F)cc2)nc2c1ccc(=O)n2-c1ccc(C(=O)NCc2ccc(C(=O)O)cc2)cc1. The molecule has 0 saturated carbocycles. The summed E-state index contributed by atoms with van der Waals surface area (Å²) in [6.45, 7) is 2.06. The van der Waals surface area contributed by atoms with Crippen molar-refractivity contribution in [1.82, 2.24) is 19.9 Å². The number of benzene rings is 3. The van der Waals surface area contributed by atoms with Crippen molar-refractivity contribution in [3.8, 4) is 5.69 Å².